The molecule has 0 spiro atoms. The van der Waals surface area contributed by atoms with Gasteiger partial charge >= 0.3 is 11.9 Å². The molecule has 0 saturated carbocycles. The van der Waals surface area contributed by atoms with Crippen molar-refractivity contribution >= 4 is 11.9 Å². The minimum absolute atomic E-state index is 0.0653. The molecule has 1 unspecified atom stereocenters. The number of hydrogen-bond donors (Lipinski definition) is 0. The van der Waals surface area contributed by atoms with Gasteiger partial charge in [-0.25, -0.2) is 0 Å². The highest BCUT2D eigenvalue weighted by Crippen LogP contribution is 2.12. The zero-order valence-electron chi connectivity index (χ0n) is 12.2. The first kappa shape index (κ1) is 18.2. The first-order valence-electron chi connectivity index (χ1n) is 6.94. The van der Waals surface area contributed by atoms with Crippen molar-refractivity contribution in [2.45, 2.75) is 45.4 Å². The minimum atomic E-state index is -0.647. The molecule has 0 bridgehead atoms. The van der Waals surface area contributed by atoms with Crippen molar-refractivity contribution in [2.24, 2.45) is 5.92 Å². The van der Waals surface area contributed by atoms with Crippen LogP contribution in [0.3, 0.4) is 0 Å². The largest absolute Gasteiger partial charge is 0.435 e. The summed E-state index contributed by atoms with van der Waals surface area (Å²) in [4.78, 5) is 23.0. The van der Waals surface area contributed by atoms with Gasteiger partial charge < -0.3 is 9.47 Å². The molecule has 0 aromatic rings. The van der Waals surface area contributed by atoms with E-state index in [0.717, 1.165) is 25.4 Å². The van der Waals surface area contributed by atoms with Crippen LogP contribution in [0.25, 0.3) is 0 Å². The molecular weight excluding hydrogens is 256 g/mol. The van der Waals surface area contributed by atoms with Crippen molar-refractivity contribution in [3.63, 3.8) is 0 Å². The number of ether oxygens (including phenoxy) is 2. The highest BCUT2D eigenvalue weighted by atomic mass is 16.5. The second kappa shape index (κ2) is 12.2. The number of unbranched alkanes of at least 4 members (excludes halogenated alkanes) is 4. The van der Waals surface area contributed by atoms with E-state index in [9.17, 15) is 9.59 Å². The first-order valence-corrected chi connectivity index (χ1v) is 6.94. The fourth-order valence-electron chi connectivity index (χ4n) is 1.67. The molecule has 4 nitrogen and oxygen atoms in total. The molecule has 4 heteroatoms. The molecule has 0 aliphatic heterocycles. The Labute approximate surface area is 121 Å². The Balaban J connectivity index is 4.33. The summed E-state index contributed by atoms with van der Waals surface area (Å²) in [5.74, 6) is -1.67. The van der Waals surface area contributed by atoms with E-state index in [1.54, 1.807) is 6.08 Å². The highest BCUT2D eigenvalue weighted by Gasteiger charge is 2.20. The van der Waals surface area contributed by atoms with Crippen LogP contribution in [0, 0.1) is 5.92 Å². The third-order valence-corrected chi connectivity index (χ3v) is 2.70. The Morgan fingerprint density at radius 2 is 1.80 bits per heavy atom. The zero-order valence-corrected chi connectivity index (χ0v) is 12.2. The van der Waals surface area contributed by atoms with E-state index in [-0.39, 0.29) is 6.42 Å². The maximum absolute atomic E-state index is 11.7. The van der Waals surface area contributed by atoms with Crippen LogP contribution in [0.1, 0.15) is 45.4 Å². The van der Waals surface area contributed by atoms with Crippen molar-refractivity contribution in [3.8, 4) is 0 Å². The van der Waals surface area contributed by atoms with Crippen LogP contribution in [0.2, 0.25) is 0 Å². The van der Waals surface area contributed by atoms with E-state index in [1.165, 1.54) is 19.3 Å². The first-order chi connectivity index (χ1) is 9.65. The van der Waals surface area contributed by atoms with Crippen molar-refractivity contribution in [2.75, 3.05) is 0 Å². The Kier molecular flexibility index (Phi) is 11.1. The van der Waals surface area contributed by atoms with Gasteiger partial charge in [-0.05, 0) is 12.8 Å². The third-order valence-electron chi connectivity index (χ3n) is 2.70. The summed E-state index contributed by atoms with van der Waals surface area (Å²) in [6, 6.07) is 0. The monoisotopic (exact) mass is 280 g/mol. The van der Waals surface area contributed by atoms with Crippen molar-refractivity contribution in [1.82, 2.24) is 0 Å². The van der Waals surface area contributed by atoms with Crippen molar-refractivity contribution in [3.05, 3.63) is 37.8 Å². The maximum atomic E-state index is 11.7. The molecule has 0 aromatic heterocycles. The molecule has 0 aliphatic carbocycles. The number of carbonyl (C=O) groups excluding carboxylic acids is 2. The van der Waals surface area contributed by atoms with Gasteiger partial charge in [-0.1, -0.05) is 51.5 Å². The molecule has 0 aliphatic rings. The third kappa shape index (κ3) is 9.14. The SMILES string of the molecule is C=COC(=O)CC(/C=C/CCCCCC)C(=O)OC=C. The number of hydrogen-bond acceptors (Lipinski definition) is 4. The molecular formula is C16H24O4. The lowest BCUT2D eigenvalue weighted by Crippen LogP contribution is -2.18. The number of carbonyl (C=O) groups is 2. The number of allylic oxidation sites excluding steroid dienone is 1. The molecule has 0 saturated heterocycles. The average Bonchev–Trinajstić information content (AvgIpc) is 2.41. The highest BCUT2D eigenvalue weighted by molar-refractivity contribution is 5.81. The van der Waals surface area contributed by atoms with E-state index in [4.69, 9.17) is 4.74 Å². The molecule has 0 amide bonds. The topological polar surface area (TPSA) is 52.6 Å². The lowest BCUT2D eigenvalue weighted by molar-refractivity contribution is -0.147. The lowest BCUT2D eigenvalue weighted by atomic mass is 10.0. The Hall–Kier alpha value is -1.84. The normalized spacial score (nSPS) is 11.8. The van der Waals surface area contributed by atoms with Gasteiger partial charge in [0.15, 0.2) is 0 Å². The second-order valence-corrected chi connectivity index (χ2v) is 4.35. The van der Waals surface area contributed by atoms with E-state index >= 15 is 0 Å². The zero-order chi connectivity index (χ0) is 15.2. The Morgan fingerprint density at radius 1 is 1.10 bits per heavy atom. The Morgan fingerprint density at radius 3 is 2.40 bits per heavy atom. The fraction of sp³-hybridized carbons (Fsp3) is 0.500. The molecule has 0 aromatic carbocycles. The molecule has 112 valence electrons. The van der Waals surface area contributed by atoms with E-state index in [1.807, 2.05) is 6.08 Å². The Bertz CT molecular complexity index is 344. The summed E-state index contributed by atoms with van der Waals surface area (Å²) in [6.45, 7) is 8.78. The summed E-state index contributed by atoms with van der Waals surface area (Å²) in [5, 5.41) is 0. The number of rotatable bonds is 11. The van der Waals surface area contributed by atoms with Crippen LogP contribution in [0.4, 0.5) is 0 Å². The molecule has 20 heavy (non-hydrogen) atoms. The quantitative estimate of drug-likeness (QED) is 0.249. The average molecular weight is 280 g/mol. The molecule has 0 radical (unpaired) electrons. The summed E-state index contributed by atoms with van der Waals surface area (Å²) in [7, 11) is 0. The summed E-state index contributed by atoms with van der Waals surface area (Å²) in [6.07, 6.45) is 11.2. The summed E-state index contributed by atoms with van der Waals surface area (Å²) < 4.78 is 9.34. The van der Waals surface area contributed by atoms with Crippen molar-refractivity contribution in [1.29, 1.82) is 0 Å². The van der Waals surface area contributed by atoms with Gasteiger partial charge in [-0.3, -0.25) is 9.59 Å². The maximum Gasteiger partial charge on any atom is 0.318 e. The van der Waals surface area contributed by atoms with E-state index < -0.39 is 17.9 Å². The standard InChI is InChI=1S/C16H24O4/c1-4-7-8-9-10-11-12-14(16(18)20-6-3)13-15(17)19-5-2/h5-6,11-12,14H,2-4,7-10,13H2,1H3/b12-11+. The molecule has 0 heterocycles. The molecule has 0 fully saturated rings. The van der Waals surface area contributed by atoms with Crippen LogP contribution < -0.4 is 0 Å². The lowest BCUT2D eigenvalue weighted by Gasteiger charge is -2.08. The van der Waals surface area contributed by atoms with Crippen LogP contribution in [0.5, 0.6) is 0 Å². The predicted molar refractivity (Wildman–Crippen MR) is 78.6 cm³/mol. The van der Waals surface area contributed by atoms with Crippen LogP contribution in [-0.2, 0) is 19.1 Å². The van der Waals surface area contributed by atoms with E-state index in [0.29, 0.717) is 0 Å². The molecule has 0 N–H and O–H groups in total. The smallest absolute Gasteiger partial charge is 0.318 e. The number of esters is 2. The second-order valence-electron chi connectivity index (χ2n) is 4.35. The van der Waals surface area contributed by atoms with Crippen LogP contribution in [0.15, 0.2) is 37.8 Å². The van der Waals surface area contributed by atoms with Crippen molar-refractivity contribution < 1.29 is 19.1 Å². The van der Waals surface area contributed by atoms with Gasteiger partial charge in [-0.15, -0.1) is 0 Å². The fourth-order valence-corrected chi connectivity index (χ4v) is 1.67. The van der Waals surface area contributed by atoms with E-state index in [2.05, 4.69) is 24.8 Å². The predicted octanol–water partition coefficient (Wildman–Crippen LogP) is 3.89. The van der Waals surface area contributed by atoms with Gasteiger partial charge in [0, 0.05) is 0 Å². The van der Waals surface area contributed by atoms with Gasteiger partial charge in [0.1, 0.15) is 0 Å². The van der Waals surface area contributed by atoms with Gasteiger partial charge in [0.2, 0.25) is 0 Å². The summed E-state index contributed by atoms with van der Waals surface area (Å²) in [5.41, 5.74) is 0. The summed E-state index contributed by atoms with van der Waals surface area (Å²) >= 11 is 0. The van der Waals surface area contributed by atoms with Gasteiger partial charge in [0.05, 0.1) is 24.9 Å². The minimum Gasteiger partial charge on any atom is -0.435 e. The molecule has 0 rings (SSSR count). The molecule has 1 atom stereocenters. The van der Waals surface area contributed by atoms with Crippen LogP contribution >= 0.6 is 0 Å². The van der Waals surface area contributed by atoms with Gasteiger partial charge in [-0.2, -0.15) is 0 Å². The van der Waals surface area contributed by atoms with Gasteiger partial charge in [0.25, 0.3) is 0 Å². The van der Waals surface area contributed by atoms with Crippen LogP contribution in [-0.4, -0.2) is 11.9 Å².